The van der Waals surface area contributed by atoms with Crippen molar-refractivity contribution in [3.8, 4) is 0 Å². The van der Waals surface area contributed by atoms with Crippen LogP contribution in [0.15, 0.2) is 33.9 Å². The van der Waals surface area contributed by atoms with Gasteiger partial charge in [-0.3, -0.25) is 4.72 Å². The summed E-state index contributed by atoms with van der Waals surface area (Å²) in [6, 6.07) is 1.52. The second kappa shape index (κ2) is 5.90. The smallest absolute Gasteiger partial charge is 0.265 e. The highest BCUT2D eigenvalue weighted by Gasteiger charge is 2.20. The summed E-state index contributed by atoms with van der Waals surface area (Å²) in [5, 5.41) is 2.63. The lowest BCUT2D eigenvalue weighted by Crippen LogP contribution is -2.15. The standard InChI is InChI=1S/C11H9BrF2N4O2S/c1-15-11-16-4-7(5-17-11)21(19,20)18-10-8(12)2-6(13)3-9(10)14/h2-5,18H,1H3,(H,15,16,17). The van der Waals surface area contributed by atoms with Crippen LogP contribution in [0.5, 0.6) is 0 Å². The lowest BCUT2D eigenvalue weighted by molar-refractivity contribution is 0.581. The van der Waals surface area contributed by atoms with E-state index in [0.717, 1.165) is 18.5 Å². The average molecular weight is 379 g/mol. The van der Waals surface area contributed by atoms with Gasteiger partial charge in [-0.1, -0.05) is 0 Å². The summed E-state index contributed by atoms with van der Waals surface area (Å²) >= 11 is 2.90. The predicted molar refractivity (Wildman–Crippen MR) is 76.4 cm³/mol. The number of rotatable bonds is 4. The van der Waals surface area contributed by atoms with Gasteiger partial charge in [0.05, 0.1) is 18.1 Å². The Morgan fingerprint density at radius 2 is 1.81 bits per heavy atom. The van der Waals surface area contributed by atoms with Gasteiger partial charge in [-0.15, -0.1) is 0 Å². The number of hydrogen-bond donors (Lipinski definition) is 2. The van der Waals surface area contributed by atoms with Gasteiger partial charge >= 0.3 is 0 Å². The first-order valence-corrected chi connectivity index (χ1v) is 7.78. The Labute approximate surface area is 127 Å². The van der Waals surface area contributed by atoms with Gasteiger partial charge in [-0.05, 0) is 22.0 Å². The molecule has 112 valence electrons. The number of anilines is 2. The molecule has 0 fully saturated rings. The lowest BCUT2D eigenvalue weighted by atomic mass is 10.3. The van der Waals surface area contributed by atoms with Crippen LogP contribution in [0.25, 0.3) is 0 Å². The van der Waals surface area contributed by atoms with E-state index in [-0.39, 0.29) is 15.3 Å². The maximum Gasteiger partial charge on any atom is 0.265 e. The first-order chi connectivity index (χ1) is 9.83. The number of aromatic nitrogens is 2. The van der Waals surface area contributed by atoms with Crippen molar-refractivity contribution in [3.63, 3.8) is 0 Å². The molecule has 1 heterocycles. The lowest BCUT2D eigenvalue weighted by Gasteiger charge is -2.10. The van der Waals surface area contributed by atoms with Gasteiger partial charge in [0.2, 0.25) is 5.95 Å². The summed E-state index contributed by atoms with van der Waals surface area (Å²) in [5.41, 5.74) is -0.394. The molecular formula is C11H9BrF2N4O2S. The molecule has 10 heteroatoms. The number of halogens is 3. The van der Waals surface area contributed by atoms with E-state index in [1.54, 1.807) is 7.05 Å². The van der Waals surface area contributed by atoms with Crippen LogP contribution >= 0.6 is 15.9 Å². The minimum absolute atomic E-state index is 0.0589. The first kappa shape index (κ1) is 15.6. The number of hydrogen-bond acceptors (Lipinski definition) is 5. The van der Waals surface area contributed by atoms with Crippen LogP contribution in [0.2, 0.25) is 0 Å². The average Bonchev–Trinajstić information content (AvgIpc) is 2.43. The highest BCUT2D eigenvalue weighted by Crippen LogP contribution is 2.28. The van der Waals surface area contributed by atoms with E-state index >= 15 is 0 Å². The van der Waals surface area contributed by atoms with Crippen molar-refractivity contribution in [2.75, 3.05) is 17.1 Å². The van der Waals surface area contributed by atoms with E-state index in [1.807, 2.05) is 4.72 Å². The van der Waals surface area contributed by atoms with E-state index in [4.69, 9.17) is 0 Å². The van der Waals surface area contributed by atoms with Crippen LogP contribution in [0.1, 0.15) is 0 Å². The Kier molecular flexibility index (Phi) is 4.37. The largest absolute Gasteiger partial charge is 0.357 e. The molecule has 0 bridgehead atoms. The van der Waals surface area contributed by atoms with Crippen molar-refractivity contribution >= 4 is 37.6 Å². The predicted octanol–water partition coefficient (Wildman–Crippen LogP) is 2.36. The van der Waals surface area contributed by atoms with Crippen molar-refractivity contribution in [1.82, 2.24) is 9.97 Å². The zero-order valence-electron chi connectivity index (χ0n) is 10.6. The molecule has 6 nitrogen and oxygen atoms in total. The molecule has 0 atom stereocenters. The van der Waals surface area contributed by atoms with Crippen LogP contribution in [0.4, 0.5) is 20.4 Å². The van der Waals surface area contributed by atoms with Gasteiger partial charge in [-0.2, -0.15) is 0 Å². The zero-order valence-corrected chi connectivity index (χ0v) is 13.0. The third kappa shape index (κ3) is 3.45. The summed E-state index contributed by atoms with van der Waals surface area (Å²) in [5.74, 6) is -1.63. The molecule has 21 heavy (non-hydrogen) atoms. The van der Waals surface area contributed by atoms with Gasteiger partial charge in [0.25, 0.3) is 10.0 Å². The fourth-order valence-corrected chi connectivity index (χ4v) is 3.03. The molecule has 2 N–H and O–H groups in total. The number of nitrogens with zero attached hydrogens (tertiary/aromatic N) is 2. The number of sulfonamides is 1. The molecule has 1 aromatic carbocycles. The summed E-state index contributed by atoms with van der Waals surface area (Å²) in [7, 11) is -2.52. The summed E-state index contributed by atoms with van der Waals surface area (Å²) in [6.45, 7) is 0. The Bertz CT molecular complexity index is 745. The molecule has 0 amide bonds. The molecule has 0 saturated carbocycles. The van der Waals surface area contributed by atoms with E-state index in [1.165, 1.54) is 0 Å². The summed E-state index contributed by atoms with van der Waals surface area (Å²) in [4.78, 5) is 7.26. The zero-order chi connectivity index (χ0) is 15.6. The van der Waals surface area contributed by atoms with E-state index in [2.05, 4.69) is 31.2 Å². The minimum atomic E-state index is -4.09. The summed E-state index contributed by atoms with van der Waals surface area (Å²) < 4.78 is 52.8. The molecule has 0 aliphatic carbocycles. The second-order valence-corrected chi connectivity index (χ2v) is 6.38. The van der Waals surface area contributed by atoms with Crippen LogP contribution in [0, 0.1) is 11.6 Å². The fraction of sp³-hybridized carbons (Fsp3) is 0.0909. The number of benzene rings is 1. The fourth-order valence-electron chi connectivity index (χ4n) is 1.42. The molecule has 1 aromatic heterocycles. The third-order valence-electron chi connectivity index (χ3n) is 2.41. The topological polar surface area (TPSA) is 84.0 Å². The monoisotopic (exact) mass is 378 g/mol. The SMILES string of the molecule is CNc1ncc(S(=O)(=O)Nc2c(F)cc(F)cc2Br)cn1. The quantitative estimate of drug-likeness (QED) is 0.852. The van der Waals surface area contributed by atoms with Crippen LogP contribution in [-0.2, 0) is 10.0 Å². The van der Waals surface area contributed by atoms with E-state index < -0.39 is 27.3 Å². The molecule has 0 unspecified atom stereocenters. The maximum absolute atomic E-state index is 13.6. The third-order valence-corrected chi connectivity index (χ3v) is 4.34. The highest BCUT2D eigenvalue weighted by atomic mass is 79.9. The van der Waals surface area contributed by atoms with Crippen molar-refractivity contribution in [2.45, 2.75) is 4.90 Å². The Hall–Kier alpha value is -1.81. The van der Waals surface area contributed by atoms with E-state index in [0.29, 0.717) is 6.07 Å². The molecule has 0 radical (unpaired) electrons. The number of nitrogens with one attached hydrogen (secondary N) is 2. The van der Waals surface area contributed by atoms with Gasteiger partial charge in [0.15, 0.2) is 5.82 Å². The van der Waals surface area contributed by atoms with Gasteiger partial charge in [0.1, 0.15) is 10.7 Å². The second-order valence-electron chi connectivity index (χ2n) is 3.84. The van der Waals surface area contributed by atoms with Crippen molar-refractivity contribution < 1.29 is 17.2 Å². The Morgan fingerprint density at radius 1 is 1.19 bits per heavy atom. The molecule has 0 aliphatic rings. The van der Waals surface area contributed by atoms with Crippen molar-refractivity contribution in [2.24, 2.45) is 0 Å². The first-order valence-electron chi connectivity index (χ1n) is 5.50. The molecular weight excluding hydrogens is 370 g/mol. The molecule has 0 aliphatic heterocycles. The van der Waals surface area contributed by atoms with Gasteiger partial charge in [-0.25, -0.2) is 27.2 Å². The Morgan fingerprint density at radius 3 is 2.33 bits per heavy atom. The van der Waals surface area contributed by atoms with Gasteiger partial charge < -0.3 is 5.32 Å². The van der Waals surface area contributed by atoms with Crippen molar-refractivity contribution in [3.05, 3.63) is 40.6 Å². The summed E-state index contributed by atoms with van der Waals surface area (Å²) in [6.07, 6.45) is 2.13. The molecule has 0 spiro atoms. The maximum atomic E-state index is 13.6. The highest BCUT2D eigenvalue weighted by molar-refractivity contribution is 9.10. The normalized spacial score (nSPS) is 11.2. The van der Waals surface area contributed by atoms with E-state index in [9.17, 15) is 17.2 Å². The van der Waals surface area contributed by atoms with Crippen LogP contribution < -0.4 is 10.0 Å². The molecule has 2 aromatic rings. The van der Waals surface area contributed by atoms with Crippen molar-refractivity contribution in [1.29, 1.82) is 0 Å². The van der Waals surface area contributed by atoms with Crippen LogP contribution in [-0.4, -0.2) is 25.4 Å². The minimum Gasteiger partial charge on any atom is -0.357 e. The Balaban J connectivity index is 2.37. The molecule has 0 saturated heterocycles. The van der Waals surface area contributed by atoms with Crippen LogP contribution in [0.3, 0.4) is 0 Å². The molecule has 2 rings (SSSR count). The van der Waals surface area contributed by atoms with Gasteiger partial charge in [0, 0.05) is 17.6 Å².